The third-order valence-corrected chi connectivity index (χ3v) is 5.18. The lowest BCUT2D eigenvalue weighted by molar-refractivity contribution is -0.132. The standard InChI is InChI=1S/C18H25ClN4O2/c19-16-6-5-15(13-20-16)18(25)23-11-9-21(10-12-23)14-17(24)22-7-3-1-2-4-8-22/h5-6,13H,1-4,7-12,14H2. The molecule has 3 heterocycles. The molecule has 0 bridgehead atoms. The van der Waals surface area contributed by atoms with Gasteiger partial charge in [0.05, 0.1) is 12.1 Å². The highest BCUT2D eigenvalue weighted by Crippen LogP contribution is 2.13. The number of pyridine rings is 1. The lowest BCUT2D eigenvalue weighted by Crippen LogP contribution is -2.51. The zero-order chi connectivity index (χ0) is 17.6. The maximum atomic E-state index is 12.5. The highest BCUT2D eigenvalue weighted by atomic mass is 35.5. The number of nitrogens with zero attached hydrogens (tertiary/aromatic N) is 4. The Balaban J connectivity index is 1.47. The van der Waals surface area contributed by atoms with E-state index in [1.165, 1.54) is 19.0 Å². The van der Waals surface area contributed by atoms with Gasteiger partial charge in [0.1, 0.15) is 5.15 Å². The smallest absolute Gasteiger partial charge is 0.255 e. The Morgan fingerprint density at radius 1 is 0.920 bits per heavy atom. The molecule has 6 nitrogen and oxygen atoms in total. The number of hydrogen-bond donors (Lipinski definition) is 0. The lowest BCUT2D eigenvalue weighted by atomic mass is 10.2. The van der Waals surface area contributed by atoms with Gasteiger partial charge in [-0.25, -0.2) is 4.98 Å². The largest absolute Gasteiger partial charge is 0.342 e. The van der Waals surface area contributed by atoms with Gasteiger partial charge in [0, 0.05) is 45.5 Å². The van der Waals surface area contributed by atoms with Gasteiger partial charge in [0.25, 0.3) is 5.91 Å². The number of piperazine rings is 1. The molecule has 0 atom stereocenters. The molecule has 0 aromatic carbocycles. The van der Waals surface area contributed by atoms with Crippen molar-refractivity contribution in [3.63, 3.8) is 0 Å². The number of aromatic nitrogens is 1. The van der Waals surface area contributed by atoms with Crippen LogP contribution in [0.3, 0.4) is 0 Å². The summed E-state index contributed by atoms with van der Waals surface area (Å²) >= 11 is 5.77. The number of likely N-dealkylation sites (tertiary alicyclic amines) is 1. The molecule has 1 aromatic heterocycles. The number of amides is 2. The number of rotatable bonds is 3. The monoisotopic (exact) mass is 364 g/mol. The fraction of sp³-hybridized carbons (Fsp3) is 0.611. The Morgan fingerprint density at radius 2 is 1.60 bits per heavy atom. The van der Waals surface area contributed by atoms with Crippen molar-refractivity contribution in [1.82, 2.24) is 19.7 Å². The van der Waals surface area contributed by atoms with Crippen molar-refractivity contribution in [1.29, 1.82) is 0 Å². The minimum atomic E-state index is -0.0253. The normalized spacial score (nSPS) is 19.6. The Bertz CT molecular complexity index is 592. The first-order valence-corrected chi connectivity index (χ1v) is 9.42. The van der Waals surface area contributed by atoms with Crippen LogP contribution in [0.2, 0.25) is 5.15 Å². The average Bonchev–Trinajstić information content (AvgIpc) is 2.92. The quantitative estimate of drug-likeness (QED) is 0.769. The van der Waals surface area contributed by atoms with Gasteiger partial charge in [-0.1, -0.05) is 24.4 Å². The van der Waals surface area contributed by atoms with Crippen LogP contribution in [0.4, 0.5) is 0 Å². The van der Waals surface area contributed by atoms with E-state index in [1.807, 2.05) is 9.80 Å². The summed E-state index contributed by atoms with van der Waals surface area (Å²) in [4.78, 5) is 34.9. The van der Waals surface area contributed by atoms with Crippen LogP contribution in [0.15, 0.2) is 18.3 Å². The van der Waals surface area contributed by atoms with Gasteiger partial charge in [-0.05, 0) is 25.0 Å². The fourth-order valence-electron chi connectivity index (χ4n) is 3.41. The fourth-order valence-corrected chi connectivity index (χ4v) is 3.52. The molecule has 0 aliphatic carbocycles. The second kappa shape index (κ2) is 8.63. The summed E-state index contributed by atoms with van der Waals surface area (Å²) in [5, 5.41) is 0.383. The van der Waals surface area contributed by atoms with Crippen molar-refractivity contribution in [2.75, 3.05) is 45.8 Å². The molecule has 2 saturated heterocycles. The number of hydrogen-bond acceptors (Lipinski definition) is 4. The summed E-state index contributed by atoms with van der Waals surface area (Å²) in [5.41, 5.74) is 0.554. The summed E-state index contributed by atoms with van der Waals surface area (Å²) in [5.74, 6) is 0.200. The van der Waals surface area contributed by atoms with Crippen LogP contribution in [0.1, 0.15) is 36.0 Å². The van der Waals surface area contributed by atoms with E-state index < -0.39 is 0 Å². The van der Waals surface area contributed by atoms with Crippen molar-refractivity contribution >= 4 is 23.4 Å². The Hall–Kier alpha value is -1.66. The van der Waals surface area contributed by atoms with Gasteiger partial charge < -0.3 is 9.80 Å². The molecule has 3 rings (SSSR count). The van der Waals surface area contributed by atoms with E-state index in [4.69, 9.17) is 11.6 Å². The Labute approximate surface area is 153 Å². The molecule has 7 heteroatoms. The SMILES string of the molecule is O=C(CN1CCN(C(=O)c2ccc(Cl)nc2)CC1)N1CCCCCC1. The summed E-state index contributed by atoms with van der Waals surface area (Å²) in [7, 11) is 0. The molecule has 0 unspecified atom stereocenters. The minimum absolute atomic E-state index is 0.0253. The second-order valence-corrected chi connectivity index (χ2v) is 7.12. The molecule has 2 aliphatic rings. The number of halogens is 1. The summed E-state index contributed by atoms with van der Waals surface area (Å²) in [6.07, 6.45) is 6.19. The van der Waals surface area contributed by atoms with Crippen molar-refractivity contribution in [3.8, 4) is 0 Å². The molecule has 136 valence electrons. The molecule has 25 heavy (non-hydrogen) atoms. The third-order valence-electron chi connectivity index (χ3n) is 4.95. The zero-order valence-corrected chi connectivity index (χ0v) is 15.2. The number of carbonyl (C=O) groups excluding carboxylic acids is 2. The van der Waals surface area contributed by atoms with Crippen LogP contribution in [-0.2, 0) is 4.79 Å². The van der Waals surface area contributed by atoms with E-state index in [0.717, 1.165) is 39.0 Å². The molecule has 1 aromatic rings. The van der Waals surface area contributed by atoms with Crippen LogP contribution < -0.4 is 0 Å². The van der Waals surface area contributed by atoms with Crippen molar-refractivity contribution < 1.29 is 9.59 Å². The highest BCUT2D eigenvalue weighted by molar-refractivity contribution is 6.29. The Morgan fingerprint density at radius 3 is 2.20 bits per heavy atom. The first-order chi connectivity index (χ1) is 12.1. The Kier molecular flexibility index (Phi) is 6.26. The van der Waals surface area contributed by atoms with Crippen molar-refractivity contribution in [3.05, 3.63) is 29.0 Å². The van der Waals surface area contributed by atoms with Gasteiger partial charge in [-0.2, -0.15) is 0 Å². The molecule has 2 aliphatic heterocycles. The van der Waals surface area contributed by atoms with Gasteiger partial charge in [-0.15, -0.1) is 0 Å². The van der Waals surface area contributed by atoms with E-state index in [-0.39, 0.29) is 11.8 Å². The van der Waals surface area contributed by atoms with Crippen LogP contribution in [0.25, 0.3) is 0 Å². The molecular weight excluding hydrogens is 340 g/mol. The summed E-state index contributed by atoms with van der Waals surface area (Å²) in [6.45, 7) is 4.97. The van der Waals surface area contributed by atoms with Crippen LogP contribution in [0.5, 0.6) is 0 Å². The van der Waals surface area contributed by atoms with Gasteiger partial charge in [0.2, 0.25) is 5.91 Å². The van der Waals surface area contributed by atoms with E-state index in [2.05, 4.69) is 9.88 Å². The van der Waals surface area contributed by atoms with E-state index >= 15 is 0 Å². The predicted octanol–water partition coefficient (Wildman–Crippen LogP) is 1.90. The van der Waals surface area contributed by atoms with E-state index in [1.54, 1.807) is 12.1 Å². The van der Waals surface area contributed by atoms with Gasteiger partial charge in [0.15, 0.2) is 0 Å². The van der Waals surface area contributed by atoms with Crippen molar-refractivity contribution in [2.45, 2.75) is 25.7 Å². The first kappa shape index (κ1) is 18.1. The molecule has 2 fully saturated rings. The minimum Gasteiger partial charge on any atom is -0.342 e. The molecule has 0 saturated carbocycles. The van der Waals surface area contributed by atoms with Gasteiger partial charge >= 0.3 is 0 Å². The zero-order valence-electron chi connectivity index (χ0n) is 14.5. The third kappa shape index (κ3) is 4.92. The summed E-state index contributed by atoms with van der Waals surface area (Å²) < 4.78 is 0. The maximum absolute atomic E-state index is 12.5. The van der Waals surface area contributed by atoms with Crippen molar-refractivity contribution in [2.24, 2.45) is 0 Å². The van der Waals surface area contributed by atoms with E-state index in [9.17, 15) is 9.59 Å². The number of carbonyl (C=O) groups is 2. The van der Waals surface area contributed by atoms with Crippen LogP contribution in [-0.4, -0.2) is 77.3 Å². The predicted molar refractivity (Wildman–Crippen MR) is 96.6 cm³/mol. The first-order valence-electron chi connectivity index (χ1n) is 9.04. The average molecular weight is 365 g/mol. The molecule has 0 N–H and O–H groups in total. The maximum Gasteiger partial charge on any atom is 0.255 e. The molecule has 0 spiro atoms. The molecule has 2 amide bonds. The molecular formula is C18H25ClN4O2. The van der Waals surface area contributed by atoms with Crippen LogP contribution in [0, 0.1) is 0 Å². The lowest BCUT2D eigenvalue weighted by Gasteiger charge is -2.35. The van der Waals surface area contributed by atoms with Gasteiger partial charge in [-0.3, -0.25) is 14.5 Å². The highest BCUT2D eigenvalue weighted by Gasteiger charge is 2.25. The van der Waals surface area contributed by atoms with E-state index in [0.29, 0.717) is 30.4 Å². The summed E-state index contributed by atoms with van der Waals surface area (Å²) in [6, 6.07) is 3.33. The molecule has 0 radical (unpaired) electrons. The topological polar surface area (TPSA) is 56.8 Å². The van der Waals surface area contributed by atoms with Crippen LogP contribution >= 0.6 is 11.6 Å². The second-order valence-electron chi connectivity index (χ2n) is 6.73.